The summed E-state index contributed by atoms with van der Waals surface area (Å²) in [5.74, 6) is 0. The van der Waals surface area contributed by atoms with Gasteiger partial charge in [-0.1, -0.05) is 51.3 Å². The Hall–Kier alpha value is -0.790. The number of nitrogen functional groups attached to an aromatic ring is 1. The van der Waals surface area contributed by atoms with Gasteiger partial charge in [-0.25, -0.2) is 13.1 Å². The van der Waals surface area contributed by atoms with Gasteiger partial charge in [-0.05, 0) is 29.8 Å². The molecular weight excluding hydrogens is 399 g/mol. The van der Waals surface area contributed by atoms with Crippen LogP contribution in [0.4, 0.5) is 5.69 Å². The highest BCUT2D eigenvalue weighted by molar-refractivity contribution is 9.10. The molecule has 3 N–H and O–H groups in total. The third-order valence-corrected chi connectivity index (χ3v) is 5.46. The van der Waals surface area contributed by atoms with E-state index in [2.05, 4.69) is 20.7 Å². The second-order valence-electron chi connectivity index (χ2n) is 4.26. The largest absolute Gasteiger partial charge is 0.399 e. The van der Waals surface area contributed by atoms with Crippen molar-refractivity contribution in [3.05, 3.63) is 56.5 Å². The number of hydrogen-bond acceptors (Lipinski definition) is 3. The van der Waals surface area contributed by atoms with Gasteiger partial charge < -0.3 is 5.73 Å². The van der Waals surface area contributed by atoms with E-state index in [4.69, 9.17) is 28.9 Å². The number of hydrogen-bond donors (Lipinski definition) is 2. The minimum Gasteiger partial charge on any atom is -0.399 e. The fourth-order valence-corrected chi connectivity index (χ4v) is 4.62. The van der Waals surface area contributed by atoms with Crippen molar-refractivity contribution < 1.29 is 8.42 Å². The molecule has 0 aromatic heterocycles. The van der Waals surface area contributed by atoms with Gasteiger partial charge in [0, 0.05) is 16.7 Å². The Morgan fingerprint density at radius 2 is 1.62 bits per heavy atom. The lowest BCUT2D eigenvalue weighted by Gasteiger charge is -2.11. The predicted octanol–water partition coefficient (Wildman–Crippen LogP) is 3.82. The first kappa shape index (κ1) is 16.6. The maximum absolute atomic E-state index is 12.3. The normalized spacial score (nSPS) is 11.6. The first-order valence-corrected chi connectivity index (χ1v) is 8.81. The van der Waals surface area contributed by atoms with Crippen molar-refractivity contribution in [2.24, 2.45) is 0 Å². The van der Waals surface area contributed by atoms with E-state index in [-0.39, 0.29) is 21.5 Å². The summed E-state index contributed by atoms with van der Waals surface area (Å²) >= 11 is 15.1. The highest BCUT2D eigenvalue weighted by Crippen LogP contribution is 2.32. The van der Waals surface area contributed by atoms with Gasteiger partial charge in [-0.15, -0.1) is 0 Å². The zero-order valence-corrected chi connectivity index (χ0v) is 14.5. The molecule has 2 aromatic carbocycles. The van der Waals surface area contributed by atoms with Gasteiger partial charge >= 0.3 is 0 Å². The summed E-state index contributed by atoms with van der Waals surface area (Å²) in [6, 6.07) is 9.83. The molecule has 0 unspecified atom stereocenters. The molecule has 2 rings (SSSR count). The Morgan fingerprint density at radius 1 is 1.10 bits per heavy atom. The SMILES string of the molecule is Nc1ccc(CNS(=O)(=O)c2c(Cl)cc(Br)cc2Cl)cc1. The van der Waals surface area contributed by atoms with Crippen LogP contribution in [-0.4, -0.2) is 8.42 Å². The van der Waals surface area contributed by atoms with Crippen LogP contribution in [0.1, 0.15) is 5.56 Å². The Morgan fingerprint density at radius 3 is 2.14 bits per heavy atom. The molecule has 0 fully saturated rings. The van der Waals surface area contributed by atoms with E-state index < -0.39 is 10.0 Å². The summed E-state index contributed by atoms with van der Waals surface area (Å²) in [6.07, 6.45) is 0. The Bertz CT molecular complexity index is 741. The molecule has 21 heavy (non-hydrogen) atoms. The van der Waals surface area contributed by atoms with E-state index >= 15 is 0 Å². The first-order chi connectivity index (χ1) is 9.79. The summed E-state index contributed by atoms with van der Waals surface area (Å²) in [7, 11) is -3.81. The number of halogens is 3. The highest BCUT2D eigenvalue weighted by Gasteiger charge is 2.22. The van der Waals surface area contributed by atoms with Gasteiger partial charge in [0.2, 0.25) is 10.0 Å². The predicted molar refractivity (Wildman–Crippen MR) is 89.0 cm³/mol. The first-order valence-electron chi connectivity index (χ1n) is 5.78. The van der Waals surface area contributed by atoms with Crippen LogP contribution >= 0.6 is 39.1 Å². The van der Waals surface area contributed by atoms with Gasteiger partial charge in [0.1, 0.15) is 4.90 Å². The maximum Gasteiger partial charge on any atom is 0.243 e. The summed E-state index contributed by atoms with van der Waals surface area (Å²) in [5, 5.41) is 0.110. The molecule has 0 bridgehead atoms. The minimum absolute atomic E-state index is 0.0548. The smallest absolute Gasteiger partial charge is 0.243 e. The van der Waals surface area contributed by atoms with Crippen LogP contribution in [0, 0.1) is 0 Å². The second-order valence-corrected chi connectivity index (χ2v) is 7.70. The van der Waals surface area contributed by atoms with Crippen molar-refractivity contribution in [2.75, 3.05) is 5.73 Å². The molecule has 0 saturated carbocycles. The van der Waals surface area contributed by atoms with Gasteiger partial charge in [-0.3, -0.25) is 0 Å². The summed E-state index contributed by atoms with van der Waals surface area (Å²) in [5.41, 5.74) is 6.96. The van der Waals surface area contributed by atoms with Crippen molar-refractivity contribution in [1.29, 1.82) is 0 Å². The molecule has 8 heteroatoms. The van der Waals surface area contributed by atoms with Crippen molar-refractivity contribution in [2.45, 2.75) is 11.4 Å². The zero-order chi connectivity index (χ0) is 15.6. The average Bonchev–Trinajstić information content (AvgIpc) is 2.36. The van der Waals surface area contributed by atoms with Crippen molar-refractivity contribution in [1.82, 2.24) is 4.72 Å². The van der Waals surface area contributed by atoms with Gasteiger partial charge in [0.25, 0.3) is 0 Å². The summed E-state index contributed by atoms with van der Waals surface area (Å²) in [4.78, 5) is -0.135. The lowest BCUT2D eigenvalue weighted by molar-refractivity contribution is 0.581. The van der Waals surface area contributed by atoms with Crippen LogP contribution in [0.3, 0.4) is 0 Å². The molecule has 0 aliphatic heterocycles. The lowest BCUT2D eigenvalue weighted by Crippen LogP contribution is -2.24. The minimum atomic E-state index is -3.81. The van der Waals surface area contributed by atoms with E-state index in [9.17, 15) is 8.42 Å². The van der Waals surface area contributed by atoms with Gasteiger partial charge in [0.15, 0.2) is 0 Å². The molecule has 2 aromatic rings. The van der Waals surface area contributed by atoms with E-state index in [0.29, 0.717) is 10.2 Å². The standard InChI is InChI=1S/C13H11BrCl2N2O2S/c14-9-5-11(15)13(12(16)6-9)21(19,20)18-7-8-1-3-10(17)4-2-8/h1-6,18H,7,17H2. The molecule has 0 aliphatic rings. The number of anilines is 1. The molecule has 0 amide bonds. The van der Waals surface area contributed by atoms with Crippen LogP contribution in [-0.2, 0) is 16.6 Å². The number of sulfonamides is 1. The fraction of sp³-hybridized carbons (Fsp3) is 0.0769. The third-order valence-electron chi connectivity index (χ3n) is 2.68. The molecule has 4 nitrogen and oxygen atoms in total. The van der Waals surface area contributed by atoms with Crippen LogP contribution in [0.15, 0.2) is 45.8 Å². The van der Waals surface area contributed by atoms with Crippen LogP contribution < -0.4 is 10.5 Å². The summed E-state index contributed by atoms with van der Waals surface area (Å²) < 4.78 is 27.7. The Labute approximate surface area is 141 Å². The zero-order valence-electron chi connectivity index (χ0n) is 10.6. The molecule has 112 valence electrons. The molecule has 0 spiro atoms. The van der Waals surface area contributed by atoms with Crippen molar-refractivity contribution >= 4 is 54.8 Å². The second kappa shape index (κ2) is 6.54. The molecule has 0 aliphatic carbocycles. The van der Waals surface area contributed by atoms with E-state index in [0.717, 1.165) is 5.56 Å². The van der Waals surface area contributed by atoms with Gasteiger partial charge in [-0.2, -0.15) is 0 Å². The molecule has 0 radical (unpaired) electrons. The van der Waals surface area contributed by atoms with E-state index in [1.54, 1.807) is 24.3 Å². The van der Waals surface area contributed by atoms with Gasteiger partial charge in [0.05, 0.1) is 10.0 Å². The average molecular weight is 410 g/mol. The molecule has 0 atom stereocenters. The quantitative estimate of drug-likeness (QED) is 0.754. The molecule has 0 saturated heterocycles. The highest BCUT2D eigenvalue weighted by atomic mass is 79.9. The Kier molecular flexibility index (Phi) is 5.16. The van der Waals surface area contributed by atoms with Crippen molar-refractivity contribution in [3.63, 3.8) is 0 Å². The molecule has 0 heterocycles. The topological polar surface area (TPSA) is 72.2 Å². The van der Waals surface area contributed by atoms with Crippen LogP contribution in [0.2, 0.25) is 10.0 Å². The molecular formula is C13H11BrCl2N2O2S. The number of nitrogens with two attached hydrogens (primary N) is 1. The number of benzene rings is 2. The number of rotatable bonds is 4. The summed E-state index contributed by atoms with van der Waals surface area (Å²) in [6.45, 7) is 0.116. The number of nitrogens with one attached hydrogen (secondary N) is 1. The fourth-order valence-electron chi connectivity index (χ4n) is 1.67. The lowest BCUT2D eigenvalue weighted by atomic mass is 10.2. The third kappa shape index (κ3) is 4.11. The van der Waals surface area contributed by atoms with Crippen LogP contribution in [0.25, 0.3) is 0 Å². The Balaban J connectivity index is 2.25. The van der Waals surface area contributed by atoms with E-state index in [1.165, 1.54) is 12.1 Å². The monoisotopic (exact) mass is 408 g/mol. The maximum atomic E-state index is 12.3. The van der Waals surface area contributed by atoms with Crippen molar-refractivity contribution in [3.8, 4) is 0 Å². The van der Waals surface area contributed by atoms with Crippen LogP contribution in [0.5, 0.6) is 0 Å². The van der Waals surface area contributed by atoms with E-state index in [1.807, 2.05) is 0 Å².